The van der Waals surface area contributed by atoms with Gasteiger partial charge in [0.05, 0.1) is 0 Å². The summed E-state index contributed by atoms with van der Waals surface area (Å²) >= 11 is 0. The third-order valence-corrected chi connectivity index (χ3v) is 5.26. The van der Waals surface area contributed by atoms with Crippen LogP contribution < -0.4 is 0 Å². The Morgan fingerprint density at radius 3 is 1.62 bits per heavy atom. The molecule has 0 spiro atoms. The Balaban J connectivity index is 2.39. The Morgan fingerprint density at radius 2 is 1.12 bits per heavy atom. The highest BCUT2D eigenvalue weighted by molar-refractivity contribution is 6.00. The molecule has 0 aliphatic heterocycles. The molecule has 3 rings (SSSR count). The fraction of sp³-hybridized carbons (Fsp3) is 0.417. The Hall–Kier alpha value is -1.82. The SMILES string of the molecule is Cc1ccc2cc3cc(C(C)C)c(C(C)C)cc3cc2c1C(C)C. The lowest BCUT2D eigenvalue weighted by Crippen LogP contribution is -1.99. The van der Waals surface area contributed by atoms with Gasteiger partial charge in [-0.2, -0.15) is 0 Å². The molecule has 0 atom stereocenters. The highest BCUT2D eigenvalue weighted by atomic mass is 14.2. The van der Waals surface area contributed by atoms with Crippen molar-refractivity contribution in [3.05, 3.63) is 58.7 Å². The molecule has 0 aliphatic rings. The van der Waals surface area contributed by atoms with E-state index in [-0.39, 0.29) is 0 Å². The molecule has 0 unspecified atom stereocenters. The molecule has 3 aromatic carbocycles. The monoisotopic (exact) mass is 318 g/mol. The Morgan fingerprint density at radius 1 is 0.583 bits per heavy atom. The lowest BCUT2D eigenvalue weighted by atomic mass is 9.86. The van der Waals surface area contributed by atoms with E-state index in [1.54, 1.807) is 0 Å². The zero-order chi connectivity index (χ0) is 17.6. The third-order valence-electron chi connectivity index (χ3n) is 5.26. The summed E-state index contributed by atoms with van der Waals surface area (Å²) in [6, 6.07) is 14.2. The molecule has 0 saturated heterocycles. The van der Waals surface area contributed by atoms with Gasteiger partial charge >= 0.3 is 0 Å². The Bertz CT molecular complexity index is 895. The molecule has 0 bridgehead atoms. The second-order valence-electron chi connectivity index (χ2n) is 8.16. The van der Waals surface area contributed by atoms with E-state index >= 15 is 0 Å². The van der Waals surface area contributed by atoms with Crippen LogP contribution in [0.5, 0.6) is 0 Å². The van der Waals surface area contributed by atoms with Crippen molar-refractivity contribution in [2.45, 2.75) is 66.2 Å². The molecule has 0 aliphatic carbocycles. The van der Waals surface area contributed by atoms with E-state index in [0.29, 0.717) is 17.8 Å². The van der Waals surface area contributed by atoms with Gasteiger partial charge in [0.25, 0.3) is 0 Å². The van der Waals surface area contributed by atoms with Crippen molar-refractivity contribution in [3.63, 3.8) is 0 Å². The first kappa shape index (κ1) is 17.0. The number of rotatable bonds is 3. The summed E-state index contributed by atoms with van der Waals surface area (Å²) in [6.45, 7) is 16.0. The van der Waals surface area contributed by atoms with Crippen molar-refractivity contribution < 1.29 is 0 Å². The molecule has 0 heterocycles. The Labute approximate surface area is 146 Å². The maximum absolute atomic E-state index is 2.43. The average molecular weight is 319 g/mol. The largest absolute Gasteiger partial charge is 0.0587 e. The molecular weight excluding hydrogens is 288 g/mol. The van der Waals surface area contributed by atoms with Crippen LogP contribution in [-0.4, -0.2) is 0 Å². The van der Waals surface area contributed by atoms with Crippen molar-refractivity contribution >= 4 is 21.5 Å². The summed E-state index contributed by atoms with van der Waals surface area (Å²) in [5.41, 5.74) is 5.89. The quantitative estimate of drug-likeness (QED) is 0.434. The summed E-state index contributed by atoms with van der Waals surface area (Å²) in [7, 11) is 0. The molecule has 0 nitrogen and oxygen atoms in total. The zero-order valence-corrected chi connectivity index (χ0v) is 16.2. The minimum absolute atomic E-state index is 0.547. The average Bonchev–Trinajstić information content (AvgIpc) is 2.51. The van der Waals surface area contributed by atoms with Crippen molar-refractivity contribution in [2.24, 2.45) is 0 Å². The van der Waals surface area contributed by atoms with Gasteiger partial charge < -0.3 is 0 Å². The molecule has 0 amide bonds. The van der Waals surface area contributed by atoms with Gasteiger partial charge in [-0.25, -0.2) is 0 Å². The van der Waals surface area contributed by atoms with Crippen LogP contribution in [-0.2, 0) is 0 Å². The zero-order valence-electron chi connectivity index (χ0n) is 16.2. The molecule has 24 heavy (non-hydrogen) atoms. The van der Waals surface area contributed by atoms with Crippen LogP contribution in [0.25, 0.3) is 21.5 Å². The van der Waals surface area contributed by atoms with Crippen LogP contribution >= 0.6 is 0 Å². The predicted octanol–water partition coefficient (Wildman–Crippen LogP) is 7.67. The van der Waals surface area contributed by atoms with Crippen molar-refractivity contribution in [1.82, 2.24) is 0 Å². The van der Waals surface area contributed by atoms with Gasteiger partial charge in [0.15, 0.2) is 0 Å². The molecule has 0 saturated carbocycles. The van der Waals surface area contributed by atoms with Crippen LogP contribution in [0, 0.1) is 6.92 Å². The number of fused-ring (bicyclic) bond motifs is 2. The van der Waals surface area contributed by atoms with E-state index in [9.17, 15) is 0 Å². The molecule has 0 N–H and O–H groups in total. The van der Waals surface area contributed by atoms with Crippen LogP contribution in [0.15, 0.2) is 36.4 Å². The fourth-order valence-corrected chi connectivity index (χ4v) is 4.06. The first-order valence-corrected chi connectivity index (χ1v) is 9.30. The first-order chi connectivity index (χ1) is 11.3. The molecule has 0 fully saturated rings. The maximum Gasteiger partial charge on any atom is -0.0140 e. The Kier molecular flexibility index (Phi) is 4.42. The highest BCUT2D eigenvalue weighted by Gasteiger charge is 2.14. The standard InChI is InChI=1S/C24H30/c1-14(2)21-11-19-10-18-9-8-17(7)24(16(5)6)23(18)13-20(19)12-22(21)15(3)4/h8-16H,1-7H3. The summed E-state index contributed by atoms with van der Waals surface area (Å²) in [6.07, 6.45) is 0. The van der Waals surface area contributed by atoms with E-state index in [0.717, 1.165) is 0 Å². The molecular formula is C24H30. The van der Waals surface area contributed by atoms with Crippen LogP contribution in [0.3, 0.4) is 0 Å². The predicted molar refractivity (Wildman–Crippen MR) is 108 cm³/mol. The summed E-state index contributed by atoms with van der Waals surface area (Å²) < 4.78 is 0. The number of aryl methyl sites for hydroxylation is 1. The number of hydrogen-bond donors (Lipinski definition) is 0. The summed E-state index contributed by atoms with van der Waals surface area (Å²) in [5, 5.41) is 5.53. The van der Waals surface area contributed by atoms with E-state index < -0.39 is 0 Å². The van der Waals surface area contributed by atoms with Crippen molar-refractivity contribution in [1.29, 1.82) is 0 Å². The van der Waals surface area contributed by atoms with Gasteiger partial charge in [-0.15, -0.1) is 0 Å². The molecule has 0 aromatic heterocycles. The minimum atomic E-state index is 0.547. The fourth-order valence-electron chi connectivity index (χ4n) is 4.06. The second-order valence-corrected chi connectivity index (χ2v) is 8.16. The second kappa shape index (κ2) is 6.24. The van der Waals surface area contributed by atoms with Crippen LogP contribution in [0.4, 0.5) is 0 Å². The van der Waals surface area contributed by atoms with Crippen LogP contribution in [0.2, 0.25) is 0 Å². The van der Waals surface area contributed by atoms with Crippen molar-refractivity contribution in [2.75, 3.05) is 0 Å². The number of benzene rings is 3. The van der Waals surface area contributed by atoms with E-state index in [1.165, 1.54) is 43.8 Å². The lowest BCUT2D eigenvalue weighted by Gasteiger charge is -2.19. The summed E-state index contributed by atoms with van der Waals surface area (Å²) in [5.74, 6) is 1.67. The van der Waals surface area contributed by atoms with E-state index in [4.69, 9.17) is 0 Å². The van der Waals surface area contributed by atoms with Gasteiger partial charge in [-0.1, -0.05) is 65.8 Å². The van der Waals surface area contributed by atoms with Gasteiger partial charge in [0.1, 0.15) is 0 Å². The first-order valence-electron chi connectivity index (χ1n) is 9.30. The summed E-state index contributed by atoms with van der Waals surface area (Å²) in [4.78, 5) is 0. The third kappa shape index (κ3) is 2.83. The lowest BCUT2D eigenvalue weighted by molar-refractivity contribution is 0.793. The van der Waals surface area contributed by atoms with Crippen LogP contribution in [0.1, 0.15) is 81.5 Å². The smallest absolute Gasteiger partial charge is 0.0140 e. The van der Waals surface area contributed by atoms with Gasteiger partial charge in [-0.05, 0) is 80.6 Å². The molecule has 0 heteroatoms. The highest BCUT2D eigenvalue weighted by Crippen LogP contribution is 2.35. The van der Waals surface area contributed by atoms with Gasteiger partial charge in [0, 0.05) is 0 Å². The maximum atomic E-state index is 2.43. The molecule has 3 aromatic rings. The normalized spacial score (nSPS) is 12.2. The van der Waals surface area contributed by atoms with E-state index in [1.807, 2.05) is 0 Å². The van der Waals surface area contributed by atoms with Gasteiger partial charge in [0.2, 0.25) is 0 Å². The molecule has 0 radical (unpaired) electrons. The van der Waals surface area contributed by atoms with Gasteiger partial charge in [-0.3, -0.25) is 0 Å². The number of hydrogen-bond acceptors (Lipinski definition) is 0. The van der Waals surface area contributed by atoms with Crippen molar-refractivity contribution in [3.8, 4) is 0 Å². The van der Waals surface area contributed by atoms with E-state index in [2.05, 4.69) is 84.9 Å². The minimum Gasteiger partial charge on any atom is -0.0587 e. The molecule has 126 valence electrons. The topological polar surface area (TPSA) is 0 Å².